The van der Waals surface area contributed by atoms with Gasteiger partial charge in [0.25, 0.3) is 5.91 Å². The van der Waals surface area contributed by atoms with E-state index in [0.717, 1.165) is 43.0 Å². The summed E-state index contributed by atoms with van der Waals surface area (Å²) in [7, 11) is 1.51. The Morgan fingerprint density at radius 2 is 1.81 bits per heavy atom. The predicted molar refractivity (Wildman–Crippen MR) is 139 cm³/mol. The SMILES string of the molecule is CC(C)C(NC(=O)C1CCCCC1)C(=O)N1CCC2(CC1)C(=O)N(C)C(=O)N2c1ccc2[nH]ncc2c1. The van der Waals surface area contributed by atoms with Gasteiger partial charge in [0.2, 0.25) is 11.8 Å². The van der Waals surface area contributed by atoms with Crippen LogP contribution in [0.5, 0.6) is 0 Å². The summed E-state index contributed by atoms with van der Waals surface area (Å²) in [4.78, 5) is 57.6. The third kappa shape index (κ3) is 4.36. The average Bonchev–Trinajstić information content (AvgIpc) is 3.45. The van der Waals surface area contributed by atoms with Crippen LogP contribution in [0.3, 0.4) is 0 Å². The smallest absolute Gasteiger partial charge is 0.331 e. The van der Waals surface area contributed by atoms with E-state index < -0.39 is 11.6 Å². The van der Waals surface area contributed by atoms with Gasteiger partial charge in [-0.1, -0.05) is 33.1 Å². The normalized spacial score (nSPS) is 21.4. The molecule has 2 aliphatic heterocycles. The number of aromatic nitrogens is 2. The van der Waals surface area contributed by atoms with Crippen molar-refractivity contribution in [3.8, 4) is 0 Å². The molecule has 3 aliphatic rings. The number of fused-ring (bicyclic) bond motifs is 1. The highest BCUT2D eigenvalue weighted by Gasteiger charge is 2.58. The van der Waals surface area contributed by atoms with Crippen LogP contribution in [-0.4, -0.2) is 75.5 Å². The van der Waals surface area contributed by atoms with Crippen molar-refractivity contribution in [3.63, 3.8) is 0 Å². The average molecular weight is 509 g/mol. The number of likely N-dealkylation sites (N-methyl/N-ethyl adjacent to an activating group) is 1. The van der Waals surface area contributed by atoms with Gasteiger partial charge in [0, 0.05) is 37.1 Å². The zero-order valence-corrected chi connectivity index (χ0v) is 21.8. The summed E-state index contributed by atoms with van der Waals surface area (Å²) in [5.41, 5.74) is 0.439. The van der Waals surface area contributed by atoms with Crippen LogP contribution < -0.4 is 10.2 Å². The Labute approximate surface area is 216 Å². The monoisotopic (exact) mass is 508 g/mol. The molecule has 3 heterocycles. The Kier molecular flexibility index (Phi) is 6.68. The maximum Gasteiger partial charge on any atom is 0.331 e. The number of likely N-dealkylation sites (tertiary alicyclic amines) is 1. The van der Waals surface area contributed by atoms with E-state index in [1.165, 1.54) is 11.9 Å². The van der Waals surface area contributed by atoms with Crippen molar-refractivity contribution < 1.29 is 19.2 Å². The Balaban J connectivity index is 1.33. The predicted octanol–water partition coefficient (Wildman–Crippen LogP) is 3.04. The minimum atomic E-state index is -1.04. The van der Waals surface area contributed by atoms with Gasteiger partial charge in [0.15, 0.2) is 0 Å². The fourth-order valence-electron chi connectivity index (χ4n) is 6.14. The molecule has 1 saturated carbocycles. The quantitative estimate of drug-likeness (QED) is 0.602. The molecule has 0 radical (unpaired) electrons. The summed E-state index contributed by atoms with van der Waals surface area (Å²) in [6.45, 7) is 4.55. The second-order valence-electron chi connectivity index (χ2n) is 11.0. The van der Waals surface area contributed by atoms with Gasteiger partial charge in [-0.05, 0) is 49.8 Å². The van der Waals surface area contributed by atoms with Crippen molar-refractivity contribution >= 4 is 40.3 Å². The number of piperidine rings is 1. The Hall–Kier alpha value is -3.43. The van der Waals surface area contributed by atoms with Crippen LogP contribution in [0.25, 0.3) is 10.9 Å². The molecule has 5 amide bonds. The summed E-state index contributed by atoms with van der Waals surface area (Å²) in [5.74, 6) is -0.478. The molecule has 3 fully saturated rings. The first-order valence-electron chi connectivity index (χ1n) is 13.4. The highest BCUT2D eigenvalue weighted by molar-refractivity contribution is 6.17. The molecule has 5 rings (SSSR count). The van der Waals surface area contributed by atoms with Crippen LogP contribution in [0, 0.1) is 11.8 Å². The minimum Gasteiger partial charge on any atom is -0.344 e. The third-order valence-electron chi connectivity index (χ3n) is 8.40. The number of hydrogen-bond donors (Lipinski definition) is 2. The Bertz CT molecular complexity index is 1210. The lowest BCUT2D eigenvalue weighted by atomic mass is 9.84. The van der Waals surface area contributed by atoms with Crippen molar-refractivity contribution in [3.05, 3.63) is 24.4 Å². The summed E-state index contributed by atoms with van der Waals surface area (Å²) >= 11 is 0. The standard InChI is InChI=1S/C27H36N6O4/c1-17(2)22(29-23(34)18-7-5-4-6-8-18)24(35)32-13-11-27(12-14-32)25(36)31(3)26(37)33(27)20-9-10-21-19(15-20)16-28-30-21/h9-10,15-18,22H,4-8,11-14H2,1-3H3,(H,28,30)(H,29,34). The van der Waals surface area contributed by atoms with Gasteiger partial charge in [-0.25, -0.2) is 4.79 Å². The largest absolute Gasteiger partial charge is 0.344 e. The fourth-order valence-corrected chi connectivity index (χ4v) is 6.14. The highest BCUT2D eigenvalue weighted by atomic mass is 16.2. The fraction of sp³-hybridized carbons (Fsp3) is 0.593. The Morgan fingerprint density at radius 3 is 2.49 bits per heavy atom. The first kappa shape index (κ1) is 25.2. The number of carbonyl (C=O) groups excluding carboxylic acids is 4. The molecule has 1 aromatic heterocycles. The van der Waals surface area contributed by atoms with E-state index in [-0.39, 0.29) is 35.6 Å². The number of urea groups is 1. The van der Waals surface area contributed by atoms with Crippen molar-refractivity contribution in [1.82, 2.24) is 25.3 Å². The molecule has 10 heteroatoms. The summed E-state index contributed by atoms with van der Waals surface area (Å²) in [6, 6.07) is 4.55. The van der Waals surface area contributed by atoms with Gasteiger partial charge in [-0.15, -0.1) is 0 Å². The number of benzene rings is 1. The number of rotatable bonds is 5. The van der Waals surface area contributed by atoms with Gasteiger partial charge in [-0.2, -0.15) is 5.10 Å². The molecule has 1 atom stereocenters. The van der Waals surface area contributed by atoms with Crippen LogP contribution in [0.15, 0.2) is 24.4 Å². The van der Waals surface area contributed by atoms with E-state index in [4.69, 9.17) is 0 Å². The van der Waals surface area contributed by atoms with Gasteiger partial charge in [-0.3, -0.25) is 29.3 Å². The molecule has 2 aromatic rings. The topological polar surface area (TPSA) is 119 Å². The highest BCUT2D eigenvalue weighted by Crippen LogP contribution is 2.41. The van der Waals surface area contributed by atoms with E-state index in [9.17, 15) is 19.2 Å². The van der Waals surface area contributed by atoms with E-state index >= 15 is 0 Å². The number of carbonyl (C=O) groups is 4. The number of H-pyrrole nitrogens is 1. The molecule has 1 aliphatic carbocycles. The molecule has 2 N–H and O–H groups in total. The van der Waals surface area contributed by atoms with Crippen LogP contribution in [0.4, 0.5) is 10.5 Å². The van der Waals surface area contributed by atoms with Gasteiger partial charge in [0.05, 0.1) is 11.7 Å². The molecule has 37 heavy (non-hydrogen) atoms. The minimum absolute atomic E-state index is 0.0220. The van der Waals surface area contributed by atoms with Crippen LogP contribution in [0.2, 0.25) is 0 Å². The summed E-state index contributed by atoms with van der Waals surface area (Å²) < 4.78 is 0. The number of anilines is 1. The van der Waals surface area contributed by atoms with Crippen molar-refractivity contribution in [1.29, 1.82) is 0 Å². The number of hydrogen-bond acceptors (Lipinski definition) is 5. The lowest BCUT2D eigenvalue weighted by Gasteiger charge is -2.43. The van der Waals surface area contributed by atoms with Crippen molar-refractivity contribution in [2.45, 2.75) is 70.4 Å². The summed E-state index contributed by atoms with van der Waals surface area (Å²) in [6.07, 6.45) is 7.37. The van der Waals surface area contributed by atoms with E-state index in [2.05, 4.69) is 15.5 Å². The number of aromatic amines is 1. The second-order valence-corrected chi connectivity index (χ2v) is 11.0. The maximum absolute atomic E-state index is 13.6. The van der Waals surface area contributed by atoms with E-state index in [0.29, 0.717) is 31.6 Å². The molecule has 2 saturated heterocycles. The molecule has 1 spiro atoms. The second kappa shape index (κ2) is 9.79. The van der Waals surface area contributed by atoms with Crippen molar-refractivity contribution in [2.75, 3.05) is 25.0 Å². The maximum atomic E-state index is 13.6. The van der Waals surface area contributed by atoms with Crippen molar-refractivity contribution in [2.24, 2.45) is 11.8 Å². The lowest BCUT2D eigenvalue weighted by molar-refractivity contribution is -0.142. The molecular formula is C27H36N6O4. The lowest BCUT2D eigenvalue weighted by Crippen LogP contribution is -2.60. The number of nitrogens with zero attached hydrogens (tertiary/aromatic N) is 4. The number of amides is 5. The third-order valence-corrected chi connectivity index (χ3v) is 8.40. The molecule has 0 bridgehead atoms. The number of nitrogens with one attached hydrogen (secondary N) is 2. The van der Waals surface area contributed by atoms with Gasteiger partial charge < -0.3 is 10.2 Å². The van der Waals surface area contributed by atoms with E-state index in [1.807, 2.05) is 32.0 Å². The van der Waals surface area contributed by atoms with Gasteiger partial charge in [0.1, 0.15) is 11.6 Å². The van der Waals surface area contributed by atoms with Crippen LogP contribution >= 0.6 is 0 Å². The number of imide groups is 1. The molecule has 1 unspecified atom stereocenters. The van der Waals surface area contributed by atoms with E-state index in [1.54, 1.807) is 16.0 Å². The summed E-state index contributed by atoms with van der Waals surface area (Å²) in [5, 5.41) is 10.8. The van der Waals surface area contributed by atoms with Crippen LogP contribution in [-0.2, 0) is 14.4 Å². The Morgan fingerprint density at radius 1 is 1.11 bits per heavy atom. The first-order valence-corrected chi connectivity index (χ1v) is 13.4. The van der Waals surface area contributed by atoms with Gasteiger partial charge >= 0.3 is 6.03 Å². The molecular weight excluding hydrogens is 472 g/mol. The zero-order chi connectivity index (χ0) is 26.3. The van der Waals surface area contributed by atoms with Crippen LogP contribution in [0.1, 0.15) is 58.8 Å². The molecule has 10 nitrogen and oxygen atoms in total. The zero-order valence-electron chi connectivity index (χ0n) is 21.8. The first-order chi connectivity index (χ1) is 17.7. The molecule has 1 aromatic carbocycles. The molecule has 198 valence electrons.